The summed E-state index contributed by atoms with van der Waals surface area (Å²) in [5.41, 5.74) is 6.86. The number of nitrogens with one attached hydrogen (secondary N) is 1. The third-order valence-electron chi connectivity index (χ3n) is 5.42. The summed E-state index contributed by atoms with van der Waals surface area (Å²) in [6.45, 7) is 8.84. The van der Waals surface area contributed by atoms with Gasteiger partial charge in [0, 0.05) is 41.7 Å². The van der Waals surface area contributed by atoms with Crippen LogP contribution in [0, 0.1) is 27.7 Å². The first-order chi connectivity index (χ1) is 14.4. The Balaban J connectivity index is 1.52. The molecule has 2 aromatic heterocycles. The molecule has 4 rings (SSSR count). The Bertz CT molecular complexity index is 1200. The predicted molar refractivity (Wildman–Crippen MR) is 120 cm³/mol. The van der Waals surface area contributed by atoms with Crippen molar-refractivity contribution in [2.75, 3.05) is 5.32 Å². The molecule has 5 heteroatoms. The van der Waals surface area contributed by atoms with Crippen LogP contribution < -0.4 is 5.32 Å². The topological polar surface area (TPSA) is 51.9 Å². The molecule has 0 fully saturated rings. The number of aromatic nitrogens is 3. The van der Waals surface area contributed by atoms with Crippen LogP contribution in [0.2, 0.25) is 0 Å². The zero-order valence-corrected chi connectivity index (χ0v) is 17.8. The van der Waals surface area contributed by atoms with Crippen molar-refractivity contribution in [2.24, 2.45) is 0 Å². The van der Waals surface area contributed by atoms with Crippen molar-refractivity contribution < 1.29 is 4.79 Å². The molecule has 0 unspecified atom stereocenters. The van der Waals surface area contributed by atoms with Crippen molar-refractivity contribution in [3.05, 3.63) is 101 Å². The smallest absolute Gasteiger partial charge is 0.257 e. The number of aryl methyl sites for hydroxylation is 3. The molecule has 30 heavy (non-hydrogen) atoms. The van der Waals surface area contributed by atoms with Gasteiger partial charge in [-0.2, -0.15) is 0 Å². The van der Waals surface area contributed by atoms with Crippen molar-refractivity contribution in [3.63, 3.8) is 0 Å². The summed E-state index contributed by atoms with van der Waals surface area (Å²) in [5, 5.41) is 3.03. The Morgan fingerprint density at radius 2 is 1.77 bits per heavy atom. The summed E-state index contributed by atoms with van der Waals surface area (Å²) in [6.07, 6.45) is 3.77. The molecule has 4 aromatic rings. The molecule has 0 radical (unpaired) electrons. The summed E-state index contributed by atoms with van der Waals surface area (Å²) in [4.78, 5) is 17.2. The van der Waals surface area contributed by atoms with Crippen LogP contribution in [-0.4, -0.2) is 20.0 Å². The Hall–Kier alpha value is -3.60. The third-order valence-corrected chi connectivity index (χ3v) is 5.42. The minimum Gasteiger partial charge on any atom is -0.331 e. The molecule has 1 amide bonds. The first kappa shape index (κ1) is 19.7. The zero-order valence-electron chi connectivity index (χ0n) is 17.8. The highest BCUT2D eigenvalue weighted by Gasteiger charge is 2.17. The van der Waals surface area contributed by atoms with Gasteiger partial charge in [-0.15, -0.1) is 0 Å². The van der Waals surface area contributed by atoms with Crippen LogP contribution in [0.3, 0.4) is 0 Å². The van der Waals surface area contributed by atoms with Gasteiger partial charge in [-0.05, 0) is 69.2 Å². The van der Waals surface area contributed by atoms with Gasteiger partial charge in [-0.25, -0.2) is 4.98 Å². The van der Waals surface area contributed by atoms with Gasteiger partial charge in [-0.1, -0.05) is 24.3 Å². The average molecular weight is 399 g/mol. The molecule has 2 aromatic carbocycles. The fourth-order valence-corrected chi connectivity index (χ4v) is 3.82. The van der Waals surface area contributed by atoms with Crippen molar-refractivity contribution in [3.8, 4) is 5.69 Å². The fourth-order valence-electron chi connectivity index (χ4n) is 3.82. The highest BCUT2D eigenvalue weighted by molar-refractivity contribution is 6.05. The van der Waals surface area contributed by atoms with Crippen molar-refractivity contribution >= 4 is 11.6 Å². The highest BCUT2D eigenvalue weighted by atomic mass is 16.1. The minimum absolute atomic E-state index is 0.0970. The van der Waals surface area contributed by atoms with Gasteiger partial charge in [0.2, 0.25) is 0 Å². The molecular weight excluding hydrogens is 372 g/mol. The molecule has 0 spiro atoms. The van der Waals surface area contributed by atoms with Crippen LogP contribution in [0.5, 0.6) is 0 Å². The van der Waals surface area contributed by atoms with Crippen LogP contribution in [0.15, 0.2) is 67.0 Å². The van der Waals surface area contributed by atoms with Crippen LogP contribution in [-0.2, 0) is 6.54 Å². The lowest BCUT2D eigenvalue weighted by Crippen LogP contribution is -2.13. The molecule has 0 aliphatic carbocycles. The Labute approximate surface area is 177 Å². The summed E-state index contributed by atoms with van der Waals surface area (Å²) >= 11 is 0. The second kappa shape index (κ2) is 8.03. The lowest BCUT2D eigenvalue weighted by Gasteiger charge is -2.11. The maximum atomic E-state index is 12.9. The minimum atomic E-state index is -0.0970. The van der Waals surface area contributed by atoms with E-state index >= 15 is 0 Å². The van der Waals surface area contributed by atoms with Crippen LogP contribution in [0.25, 0.3) is 5.69 Å². The second-order valence-electron chi connectivity index (χ2n) is 7.71. The molecule has 0 saturated heterocycles. The number of hydrogen-bond acceptors (Lipinski definition) is 2. The Morgan fingerprint density at radius 3 is 2.43 bits per heavy atom. The third kappa shape index (κ3) is 3.92. The molecule has 5 nitrogen and oxygen atoms in total. The van der Waals surface area contributed by atoms with E-state index in [1.54, 1.807) is 6.20 Å². The molecule has 1 N–H and O–H groups in total. The highest BCUT2D eigenvalue weighted by Crippen LogP contribution is 2.23. The first-order valence-electron chi connectivity index (χ1n) is 10.1. The lowest BCUT2D eigenvalue weighted by atomic mass is 10.2. The monoisotopic (exact) mass is 398 g/mol. The van der Waals surface area contributed by atoms with Gasteiger partial charge in [0.15, 0.2) is 0 Å². The Morgan fingerprint density at radius 1 is 1.00 bits per heavy atom. The van der Waals surface area contributed by atoms with E-state index in [1.165, 1.54) is 5.56 Å². The van der Waals surface area contributed by atoms with Crippen LogP contribution in [0.1, 0.15) is 38.7 Å². The van der Waals surface area contributed by atoms with E-state index in [4.69, 9.17) is 0 Å². The average Bonchev–Trinajstić information content (AvgIpc) is 3.25. The number of carbonyl (C=O) groups excluding carboxylic acids is 1. The molecular formula is C25H26N4O. The van der Waals surface area contributed by atoms with Gasteiger partial charge in [0.05, 0.1) is 5.56 Å². The number of amides is 1. The van der Waals surface area contributed by atoms with Gasteiger partial charge in [0.1, 0.15) is 5.82 Å². The Kier molecular flexibility index (Phi) is 5.27. The van der Waals surface area contributed by atoms with Crippen LogP contribution >= 0.6 is 0 Å². The van der Waals surface area contributed by atoms with E-state index in [2.05, 4.69) is 44.6 Å². The number of benzene rings is 2. The summed E-state index contributed by atoms with van der Waals surface area (Å²) in [7, 11) is 0. The standard InChI is InChI=1S/C25H26N4O/c1-17-6-5-7-23(14-17)29-18(2)15-24(19(29)3)25(30)27-22-10-8-21(9-11-22)16-28-13-12-26-20(28)4/h5-15H,16H2,1-4H3,(H,27,30). The quantitative estimate of drug-likeness (QED) is 0.502. The molecule has 2 heterocycles. The molecule has 152 valence electrons. The number of anilines is 1. The molecule has 0 bridgehead atoms. The van der Waals surface area contributed by atoms with E-state index < -0.39 is 0 Å². The van der Waals surface area contributed by atoms with E-state index in [-0.39, 0.29) is 5.91 Å². The fraction of sp³-hybridized carbons (Fsp3) is 0.200. The van der Waals surface area contributed by atoms with Gasteiger partial charge in [-0.3, -0.25) is 4.79 Å². The van der Waals surface area contributed by atoms with Gasteiger partial charge in [0.25, 0.3) is 5.91 Å². The maximum absolute atomic E-state index is 12.9. The lowest BCUT2D eigenvalue weighted by molar-refractivity contribution is 0.102. The number of imidazole rings is 1. The molecule has 0 aliphatic rings. The van der Waals surface area contributed by atoms with E-state index in [0.29, 0.717) is 5.56 Å². The van der Waals surface area contributed by atoms with E-state index in [1.807, 2.05) is 63.4 Å². The predicted octanol–water partition coefficient (Wildman–Crippen LogP) is 5.21. The largest absolute Gasteiger partial charge is 0.331 e. The number of nitrogens with zero attached hydrogens (tertiary/aromatic N) is 3. The van der Waals surface area contributed by atoms with Crippen molar-refractivity contribution in [1.29, 1.82) is 0 Å². The van der Waals surface area contributed by atoms with Crippen molar-refractivity contribution in [1.82, 2.24) is 14.1 Å². The number of hydrogen-bond donors (Lipinski definition) is 1. The van der Waals surface area contributed by atoms with Gasteiger partial charge >= 0.3 is 0 Å². The summed E-state index contributed by atoms with van der Waals surface area (Å²) < 4.78 is 4.21. The summed E-state index contributed by atoms with van der Waals surface area (Å²) in [5.74, 6) is 0.886. The molecule has 0 saturated carbocycles. The zero-order chi connectivity index (χ0) is 21.3. The SMILES string of the molecule is Cc1cccc(-n2c(C)cc(C(=O)Nc3ccc(Cn4ccnc4C)cc3)c2C)c1. The normalized spacial score (nSPS) is 10.9. The van der Waals surface area contributed by atoms with Crippen LogP contribution in [0.4, 0.5) is 5.69 Å². The molecule has 0 aliphatic heterocycles. The van der Waals surface area contributed by atoms with Crippen molar-refractivity contribution in [2.45, 2.75) is 34.2 Å². The first-order valence-corrected chi connectivity index (χ1v) is 10.1. The maximum Gasteiger partial charge on any atom is 0.257 e. The van der Waals surface area contributed by atoms with Gasteiger partial charge < -0.3 is 14.5 Å². The van der Waals surface area contributed by atoms with E-state index in [9.17, 15) is 4.79 Å². The molecule has 0 atom stereocenters. The van der Waals surface area contributed by atoms with E-state index in [0.717, 1.165) is 40.7 Å². The number of rotatable bonds is 5. The second-order valence-corrected chi connectivity index (χ2v) is 7.71. The summed E-state index contributed by atoms with van der Waals surface area (Å²) in [6, 6.07) is 18.2. The number of carbonyl (C=O) groups is 1.